The average molecular weight is 595 g/mol. The molecule has 2 heterocycles. The second-order valence-corrected chi connectivity index (χ2v) is 11.1. The van der Waals surface area contributed by atoms with E-state index in [-0.39, 0.29) is 23.6 Å². The van der Waals surface area contributed by atoms with E-state index in [2.05, 4.69) is 42.7 Å². The molecule has 0 unspecified atom stereocenters. The van der Waals surface area contributed by atoms with Crippen LogP contribution >= 0.6 is 11.6 Å². The molecule has 2 aliphatic carbocycles. The molecule has 12 nitrogen and oxygen atoms in total. The Balaban J connectivity index is 1.40. The number of nitrogens with one attached hydrogen (secondary N) is 3. The lowest BCUT2D eigenvalue weighted by molar-refractivity contribution is -0.132. The third kappa shape index (κ3) is 5.78. The number of aromatic nitrogens is 4. The number of nitrogens with two attached hydrogens (primary N) is 1. The summed E-state index contributed by atoms with van der Waals surface area (Å²) in [5.41, 5.74) is 6.24. The second-order valence-electron chi connectivity index (χ2n) is 10.7. The SMILES string of the molecule is CNC(=O)[C@]12C[C@H]1[C@H](n1cnc3c(NCc4cccc(Cl)c4)nc(C#CCCCCC(=O)NCCN)nc31)[C@@H](O)[C@H]2O. The summed E-state index contributed by atoms with van der Waals surface area (Å²) in [4.78, 5) is 38.3. The molecule has 1 aromatic carbocycles. The summed E-state index contributed by atoms with van der Waals surface area (Å²) >= 11 is 6.16. The zero-order valence-electron chi connectivity index (χ0n) is 23.3. The maximum Gasteiger partial charge on any atom is 0.229 e. The number of aliphatic hydroxyl groups is 2. The van der Waals surface area contributed by atoms with Gasteiger partial charge < -0.3 is 36.5 Å². The number of carbonyl (C=O) groups excluding carboxylic acids is 2. The van der Waals surface area contributed by atoms with Crippen molar-refractivity contribution in [2.24, 2.45) is 17.1 Å². The van der Waals surface area contributed by atoms with E-state index in [1.165, 1.54) is 7.05 Å². The molecule has 0 radical (unpaired) electrons. The van der Waals surface area contributed by atoms with Gasteiger partial charge in [-0.25, -0.2) is 15.0 Å². The lowest BCUT2D eigenvalue weighted by Crippen LogP contribution is -2.41. The van der Waals surface area contributed by atoms with Crippen molar-refractivity contribution in [1.29, 1.82) is 0 Å². The number of anilines is 1. The molecule has 42 heavy (non-hydrogen) atoms. The van der Waals surface area contributed by atoms with Crippen LogP contribution in [0, 0.1) is 23.2 Å². The van der Waals surface area contributed by atoms with Crippen LogP contribution in [0.4, 0.5) is 5.82 Å². The molecule has 0 saturated heterocycles. The van der Waals surface area contributed by atoms with Crippen molar-refractivity contribution in [3.63, 3.8) is 0 Å². The summed E-state index contributed by atoms with van der Waals surface area (Å²) in [6.07, 6.45) is 2.04. The fourth-order valence-corrected chi connectivity index (χ4v) is 6.09. The lowest BCUT2D eigenvalue weighted by atomic mass is 9.98. The Morgan fingerprint density at radius 1 is 1.26 bits per heavy atom. The van der Waals surface area contributed by atoms with Gasteiger partial charge >= 0.3 is 0 Å². The van der Waals surface area contributed by atoms with Crippen LogP contribution in [0.2, 0.25) is 5.02 Å². The van der Waals surface area contributed by atoms with E-state index in [1.807, 2.05) is 18.2 Å². The summed E-state index contributed by atoms with van der Waals surface area (Å²) in [5.74, 6) is 6.26. The van der Waals surface area contributed by atoms with E-state index >= 15 is 0 Å². The highest BCUT2D eigenvalue weighted by Crippen LogP contribution is 2.67. The standard InChI is InChI=1S/C29H35ClN8O4/c1-32-28(42)29-14-19(29)23(24(40)25(29)41)38-16-35-22-26(34-15-17-7-6-8-18(30)13-17)36-20(37-27(22)38)9-4-2-3-5-10-21(39)33-12-11-31/h6-8,13,16,19,23-25,40-41H,2-3,5,10-12,14-15,31H2,1H3,(H,32,42)(H,33,39)(H,34,36,37)/t19-,23-,24+,25+,29+/m0/s1. The van der Waals surface area contributed by atoms with Gasteiger partial charge in [0.2, 0.25) is 17.6 Å². The topological polar surface area (TPSA) is 180 Å². The minimum Gasteiger partial charge on any atom is -0.389 e. The van der Waals surface area contributed by atoms with E-state index in [1.54, 1.807) is 17.0 Å². The van der Waals surface area contributed by atoms with Gasteiger partial charge in [-0.1, -0.05) is 29.7 Å². The summed E-state index contributed by atoms with van der Waals surface area (Å²) in [7, 11) is 1.53. The summed E-state index contributed by atoms with van der Waals surface area (Å²) in [6.45, 7) is 1.30. The van der Waals surface area contributed by atoms with Gasteiger partial charge in [0.1, 0.15) is 6.10 Å². The Bertz CT molecular complexity index is 1530. The van der Waals surface area contributed by atoms with Crippen LogP contribution in [0.25, 0.3) is 11.2 Å². The number of aliphatic hydroxyl groups excluding tert-OH is 2. The van der Waals surface area contributed by atoms with Gasteiger partial charge in [-0.3, -0.25) is 9.59 Å². The number of unbranched alkanes of at least 4 members (excludes halogenated alkanes) is 2. The predicted octanol–water partition coefficient (Wildman–Crippen LogP) is 1.11. The fraction of sp³-hybridized carbons (Fsp3) is 0.483. The Morgan fingerprint density at radius 3 is 2.86 bits per heavy atom. The molecule has 5 atom stereocenters. The van der Waals surface area contributed by atoms with Crippen molar-refractivity contribution >= 4 is 40.4 Å². The van der Waals surface area contributed by atoms with Crippen LogP contribution in [-0.4, -0.2) is 73.9 Å². The van der Waals surface area contributed by atoms with Crippen LogP contribution in [0.15, 0.2) is 30.6 Å². The maximum absolute atomic E-state index is 12.6. The molecule has 0 bridgehead atoms. The summed E-state index contributed by atoms with van der Waals surface area (Å²) in [5, 5.41) is 31.2. The van der Waals surface area contributed by atoms with Crippen molar-refractivity contribution in [3.05, 3.63) is 47.0 Å². The zero-order chi connectivity index (χ0) is 29.9. The molecular formula is C29H35ClN8O4. The van der Waals surface area contributed by atoms with Crippen LogP contribution < -0.4 is 21.7 Å². The molecule has 13 heteroatoms. The number of hydrogen-bond donors (Lipinski definition) is 6. The number of halogens is 1. The van der Waals surface area contributed by atoms with E-state index in [4.69, 9.17) is 17.3 Å². The molecule has 2 amide bonds. The Hall–Kier alpha value is -3.76. The molecule has 2 aromatic heterocycles. The van der Waals surface area contributed by atoms with Crippen molar-refractivity contribution < 1.29 is 19.8 Å². The second kappa shape index (κ2) is 12.6. The lowest BCUT2D eigenvalue weighted by Gasteiger charge is -2.23. The molecular weight excluding hydrogens is 560 g/mol. The van der Waals surface area contributed by atoms with Gasteiger partial charge in [-0.2, -0.15) is 0 Å². The number of carbonyl (C=O) groups is 2. The Labute approximate surface area is 248 Å². The first-order valence-electron chi connectivity index (χ1n) is 14.1. The number of hydrogen-bond acceptors (Lipinski definition) is 9. The first-order valence-corrected chi connectivity index (χ1v) is 14.4. The number of rotatable bonds is 11. The summed E-state index contributed by atoms with van der Waals surface area (Å²) < 4.78 is 1.73. The third-order valence-electron chi connectivity index (χ3n) is 8.04. The van der Waals surface area contributed by atoms with Crippen molar-refractivity contribution in [2.75, 3.05) is 25.5 Å². The van der Waals surface area contributed by atoms with E-state index in [9.17, 15) is 19.8 Å². The van der Waals surface area contributed by atoms with Crippen molar-refractivity contribution in [2.45, 2.75) is 56.9 Å². The van der Waals surface area contributed by atoms with E-state index in [0.717, 1.165) is 12.0 Å². The highest BCUT2D eigenvalue weighted by molar-refractivity contribution is 6.30. The van der Waals surface area contributed by atoms with Crippen LogP contribution in [0.5, 0.6) is 0 Å². The largest absolute Gasteiger partial charge is 0.389 e. The van der Waals surface area contributed by atoms with E-state index in [0.29, 0.717) is 67.3 Å². The van der Waals surface area contributed by atoms with Gasteiger partial charge in [0, 0.05) is 50.5 Å². The highest BCUT2D eigenvalue weighted by atomic mass is 35.5. The first kappa shape index (κ1) is 29.7. The van der Waals surface area contributed by atoms with Gasteiger partial charge in [-0.05, 0) is 42.9 Å². The van der Waals surface area contributed by atoms with Gasteiger partial charge in [0.25, 0.3) is 0 Å². The van der Waals surface area contributed by atoms with Crippen LogP contribution in [0.3, 0.4) is 0 Å². The van der Waals surface area contributed by atoms with Crippen LogP contribution in [-0.2, 0) is 16.1 Å². The van der Waals surface area contributed by atoms with Gasteiger partial charge in [0.05, 0.1) is 23.9 Å². The average Bonchev–Trinajstić information content (AvgIpc) is 3.52. The predicted molar refractivity (Wildman–Crippen MR) is 157 cm³/mol. The quantitative estimate of drug-likeness (QED) is 0.140. The Kier molecular flexibility index (Phi) is 8.93. The zero-order valence-corrected chi connectivity index (χ0v) is 24.1. The molecule has 0 spiro atoms. The normalized spacial score (nSPS) is 24.0. The molecule has 2 fully saturated rings. The Morgan fingerprint density at radius 2 is 2.10 bits per heavy atom. The van der Waals surface area contributed by atoms with Gasteiger partial charge in [-0.15, -0.1) is 0 Å². The molecule has 2 saturated carbocycles. The molecule has 7 N–H and O–H groups in total. The molecule has 0 aliphatic heterocycles. The molecule has 3 aromatic rings. The number of imidazole rings is 1. The molecule has 5 rings (SSSR count). The summed E-state index contributed by atoms with van der Waals surface area (Å²) in [6, 6.07) is 6.86. The van der Waals surface area contributed by atoms with Crippen molar-refractivity contribution in [1.82, 2.24) is 30.2 Å². The monoisotopic (exact) mass is 594 g/mol. The smallest absolute Gasteiger partial charge is 0.229 e. The molecule has 2 aliphatic rings. The highest BCUT2D eigenvalue weighted by Gasteiger charge is 2.75. The minimum absolute atomic E-state index is 0.0267. The number of benzene rings is 1. The fourth-order valence-electron chi connectivity index (χ4n) is 5.87. The van der Waals surface area contributed by atoms with Gasteiger partial charge in [0.15, 0.2) is 17.0 Å². The number of nitrogens with zero attached hydrogens (tertiary/aromatic N) is 4. The van der Waals surface area contributed by atoms with Crippen LogP contribution in [0.1, 0.15) is 49.5 Å². The maximum atomic E-state index is 12.6. The third-order valence-corrected chi connectivity index (χ3v) is 8.27. The number of fused-ring (bicyclic) bond motifs is 2. The first-order chi connectivity index (χ1) is 20.3. The minimum atomic E-state index is -1.20. The number of amides is 2. The van der Waals surface area contributed by atoms with Crippen molar-refractivity contribution in [3.8, 4) is 11.8 Å². The van der Waals surface area contributed by atoms with E-state index < -0.39 is 23.7 Å². The molecule has 222 valence electrons.